The number of fused-ring (bicyclic) bond motifs is 2. The number of hydrogen-bond acceptors (Lipinski definition) is 7. The molecular formula is C26H30N2O6S. The Balaban J connectivity index is 1.61. The number of aliphatic hydroxyl groups excluding tert-OH is 1. The van der Waals surface area contributed by atoms with Gasteiger partial charge in [0.2, 0.25) is 5.91 Å². The molecular weight excluding hydrogens is 468 g/mol. The van der Waals surface area contributed by atoms with E-state index in [1.165, 1.54) is 11.8 Å². The third kappa shape index (κ3) is 3.67. The Bertz CT molecular complexity index is 1090. The van der Waals surface area contributed by atoms with Crippen molar-refractivity contribution in [2.75, 3.05) is 38.3 Å². The zero-order valence-electron chi connectivity index (χ0n) is 19.9. The maximum Gasteiger partial charge on any atom is 0.311 e. The Morgan fingerprint density at radius 3 is 2.60 bits per heavy atom. The quantitative estimate of drug-likeness (QED) is 0.491. The van der Waals surface area contributed by atoms with Gasteiger partial charge in [0, 0.05) is 30.1 Å². The fraction of sp³-hybridized carbons (Fsp3) is 0.500. The lowest BCUT2D eigenvalue weighted by atomic mass is 9.74. The lowest BCUT2D eigenvalue weighted by Crippen LogP contribution is -2.53. The van der Waals surface area contributed by atoms with Crippen molar-refractivity contribution in [3.63, 3.8) is 0 Å². The molecule has 0 aromatic heterocycles. The van der Waals surface area contributed by atoms with Gasteiger partial charge in [0.25, 0.3) is 5.91 Å². The van der Waals surface area contributed by atoms with Gasteiger partial charge in [-0.3, -0.25) is 14.4 Å². The molecule has 35 heavy (non-hydrogen) atoms. The van der Waals surface area contributed by atoms with E-state index in [1.807, 2.05) is 43.4 Å². The van der Waals surface area contributed by atoms with Gasteiger partial charge in [-0.05, 0) is 44.0 Å². The Labute approximate surface area is 208 Å². The molecule has 0 bridgehead atoms. The predicted octanol–water partition coefficient (Wildman–Crippen LogP) is 2.17. The van der Waals surface area contributed by atoms with Crippen molar-refractivity contribution in [1.82, 2.24) is 4.90 Å². The third-order valence-electron chi connectivity index (χ3n) is 7.46. The predicted molar refractivity (Wildman–Crippen MR) is 132 cm³/mol. The zero-order valence-corrected chi connectivity index (χ0v) is 20.7. The van der Waals surface area contributed by atoms with E-state index >= 15 is 0 Å². The molecule has 4 aliphatic rings. The van der Waals surface area contributed by atoms with Gasteiger partial charge in [-0.1, -0.05) is 24.3 Å². The molecule has 0 radical (unpaired) electrons. The van der Waals surface area contributed by atoms with Crippen LogP contribution >= 0.6 is 11.8 Å². The van der Waals surface area contributed by atoms with Crippen LogP contribution in [0.15, 0.2) is 48.6 Å². The van der Waals surface area contributed by atoms with Crippen LogP contribution < -0.4 is 9.64 Å². The molecule has 186 valence electrons. The van der Waals surface area contributed by atoms with Gasteiger partial charge < -0.3 is 24.4 Å². The Kier molecular flexibility index (Phi) is 6.17. The maximum atomic E-state index is 14.2. The highest BCUT2D eigenvalue weighted by atomic mass is 32.2. The fourth-order valence-corrected chi connectivity index (χ4v) is 8.12. The first-order valence-corrected chi connectivity index (χ1v) is 12.8. The molecule has 9 heteroatoms. The van der Waals surface area contributed by atoms with Gasteiger partial charge in [0.1, 0.15) is 11.8 Å². The summed E-state index contributed by atoms with van der Waals surface area (Å²) in [5, 5.41) is 9.50. The molecule has 4 heterocycles. The lowest BCUT2D eigenvalue weighted by molar-refractivity contribution is -0.154. The molecule has 1 unspecified atom stereocenters. The summed E-state index contributed by atoms with van der Waals surface area (Å²) in [4.78, 5) is 44.7. The van der Waals surface area contributed by atoms with Gasteiger partial charge in [-0.2, -0.15) is 0 Å². The summed E-state index contributed by atoms with van der Waals surface area (Å²) in [6.07, 6.45) is 8.89. The third-order valence-corrected chi connectivity index (χ3v) is 9.26. The van der Waals surface area contributed by atoms with Crippen LogP contribution in [0.2, 0.25) is 0 Å². The summed E-state index contributed by atoms with van der Waals surface area (Å²) in [5.41, 5.74) is 0.704. The molecule has 0 saturated carbocycles. The molecule has 1 aromatic rings. The minimum atomic E-state index is -0.919. The van der Waals surface area contributed by atoms with E-state index in [9.17, 15) is 19.5 Å². The lowest BCUT2D eigenvalue weighted by Gasteiger charge is -2.37. The van der Waals surface area contributed by atoms with Crippen LogP contribution in [0.1, 0.15) is 19.8 Å². The van der Waals surface area contributed by atoms with Gasteiger partial charge in [-0.15, -0.1) is 11.8 Å². The summed E-state index contributed by atoms with van der Waals surface area (Å²) in [6.45, 7) is 2.73. The number of esters is 1. The average Bonchev–Trinajstić information content (AvgIpc) is 3.16. The van der Waals surface area contributed by atoms with Gasteiger partial charge in [-0.25, -0.2) is 0 Å². The van der Waals surface area contributed by atoms with E-state index in [1.54, 1.807) is 29.0 Å². The summed E-state index contributed by atoms with van der Waals surface area (Å²) in [6, 6.07) is 6.45. The second-order valence-electron chi connectivity index (χ2n) is 9.51. The van der Waals surface area contributed by atoms with Crippen molar-refractivity contribution in [3.05, 3.63) is 48.6 Å². The molecule has 2 fully saturated rings. The van der Waals surface area contributed by atoms with Crippen LogP contribution in [-0.2, 0) is 19.1 Å². The minimum absolute atomic E-state index is 0.0978. The number of hydrogen-bond donors (Lipinski definition) is 1. The SMILES string of the molecule is COc1ccc(N2CC=C[C@]34S[C@]5(C)C=CCCOC(=O)[C@@H]5[C@H]3C(=O)N(CCCO)C4C2=O)cc1. The summed E-state index contributed by atoms with van der Waals surface area (Å²) in [5.74, 6) is -1.57. The number of ether oxygens (including phenoxy) is 2. The van der Waals surface area contributed by atoms with Crippen LogP contribution in [-0.4, -0.2) is 76.7 Å². The molecule has 1 N–H and O–H groups in total. The fourth-order valence-electron chi connectivity index (χ4n) is 5.96. The monoisotopic (exact) mass is 498 g/mol. The number of rotatable bonds is 5. The number of nitrogens with zero attached hydrogens (tertiary/aromatic N) is 2. The van der Waals surface area contributed by atoms with E-state index in [0.29, 0.717) is 30.8 Å². The smallest absolute Gasteiger partial charge is 0.311 e. The molecule has 4 aliphatic heterocycles. The van der Waals surface area contributed by atoms with E-state index in [2.05, 4.69) is 0 Å². The molecule has 1 aromatic carbocycles. The maximum absolute atomic E-state index is 14.2. The number of benzene rings is 1. The van der Waals surface area contributed by atoms with E-state index < -0.39 is 27.4 Å². The molecule has 0 aliphatic carbocycles. The molecule has 1 spiro atoms. The zero-order chi connectivity index (χ0) is 24.8. The first-order chi connectivity index (χ1) is 16.9. The molecule has 8 nitrogen and oxygen atoms in total. The van der Waals surface area contributed by atoms with Gasteiger partial charge >= 0.3 is 5.97 Å². The van der Waals surface area contributed by atoms with Crippen LogP contribution in [0, 0.1) is 11.8 Å². The Hall–Kier alpha value is -2.78. The van der Waals surface area contributed by atoms with Gasteiger partial charge in [0.15, 0.2) is 0 Å². The molecule has 2 amide bonds. The summed E-state index contributed by atoms with van der Waals surface area (Å²) < 4.78 is 9.19. The topological polar surface area (TPSA) is 96.4 Å². The normalized spacial score (nSPS) is 34.0. The molecule has 5 rings (SSSR count). The summed E-state index contributed by atoms with van der Waals surface area (Å²) in [7, 11) is 1.59. The van der Waals surface area contributed by atoms with Crippen molar-refractivity contribution in [3.8, 4) is 5.75 Å². The highest BCUT2D eigenvalue weighted by Crippen LogP contribution is 2.65. The standard InChI is InChI=1S/C26H30N2O6S/c1-25-11-3-4-16-34-24(32)20(25)19-22(30)28(14-6-15-29)21-23(31)27(13-5-12-26(19,21)35-25)17-7-9-18(33-2)10-8-17/h3,5,7-12,19-21,29H,4,6,13-16H2,1-2H3/t19-,20-,21?,25+,26-/m0/s1. The molecule has 2 saturated heterocycles. The van der Waals surface area contributed by atoms with E-state index in [4.69, 9.17) is 9.47 Å². The first kappa shape index (κ1) is 23.9. The van der Waals surface area contributed by atoms with E-state index in [0.717, 1.165) is 0 Å². The van der Waals surface area contributed by atoms with E-state index in [-0.39, 0.29) is 37.5 Å². The highest BCUT2D eigenvalue weighted by molar-refractivity contribution is 8.02. The van der Waals surface area contributed by atoms with Crippen LogP contribution in [0.25, 0.3) is 0 Å². The number of carbonyl (C=O) groups is 3. The van der Waals surface area contributed by atoms with Crippen LogP contribution in [0.3, 0.4) is 0 Å². The highest BCUT2D eigenvalue weighted by Gasteiger charge is 2.73. The number of methoxy groups -OCH3 is 1. The number of cyclic esters (lactones) is 1. The van der Waals surface area contributed by atoms with Gasteiger partial charge in [0.05, 0.1) is 30.3 Å². The minimum Gasteiger partial charge on any atom is -0.497 e. The van der Waals surface area contributed by atoms with Crippen LogP contribution in [0.5, 0.6) is 5.75 Å². The Morgan fingerprint density at radius 2 is 1.89 bits per heavy atom. The number of amides is 2. The largest absolute Gasteiger partial charge is 0.497 e. The number of anilines is 1. The summed E-state index contributed by atoms with van der Waals surface area (Å²) >= 11 is 1.52. The van der Waals surface area contributed by atoms with Crippen molar-refractivity contribution in [2.45, 2.75) is 35.3 Å². The number of thioether (sulfide) groups is 1. The number of aliphatic hydroxyl groups is 1. The van der Waals surface area contributed by atoms with Crippen LogP contribution in [0.4, 0.5) is 5.69 Å². The number of carbonyl (C=O) groups excluding carboxylic acids is 3. The van der Waals surface area contributed by atoms with Crippen molar-refractivity contribution >= 4 is 35.2 Å². The number of likely N-dealkylation sites (tertiary alicyclic amines) is 1. The molecule has 5 atom stereocenters. The van der Waals surface area contributed by atoms with Crippen molar-refractivity contribution in [2.24, 2.45) is 11.8 Å². The second kappa shape index (κ2) is 9.02. The van der Waals surface area contributed by atoms with Crippen molar-refractivity contribution < 1.29 is 29.0 Å². The Morgan fingerprint density at radius 1 is 1.11 bits per heavy atom. The second-order valence-corrected chi connectivity index (χ2v) is 11.3. The van der Waals surface area contributed by atoms with Crippen molar-refractivity contribution in [1.29, 1.82) is 0 Å². The first-order valence-electron chi connectivity index (χ1n) is 12.0. The average molecular weight is 499 g/mol.